The topological polar surface area (TPSA) is 48.2 Å². The Balaban J connectivity index is 1.50. The van der Waals surface area contributed by atoms with Crippen LogP contribution in [-0.2, 0) is 0 Å². The Morgan fingerprint density at radius 2 is 1.86 bits per heavy atom. The number of nitrogens with zero attached hydrogens (tertiary/aromatic N) is 2. The number of rotatable bonds is 4. The van der Waals surface area contributed by atoms with Gasteiger partial charge >= 0.3 is 6.36 Å². The zero-order valence-electron chi connectivity index (χ0n) is 15.3. The summed E-state index contributed by atoms with van der Waals surface area (Å²) in [7, 11) is 0. The van der Waals surface area contributed by atoms with Gasteiger partial charge in [-0.2, -0.15) is 4.98 Å². The quantitative estimate of drug-likeness (QED) is 0.626. The van der Waals surface area contributed by atoms with Crippen molar-refractivity contribution >= 4 is 5.57 Å². The fourth-order valence-corrected chi connectivity index (χ4v) is 4.02. The van der Waals surface area contributed by atoms with E-state index in [9.17, 15) is 13.2 Å². The lowest BCUT2D eigenvalue weighted by Gasteiger charge is -2.29. The molecule has 4 rings (SSSR count). The fourth-order valence-electron chi connectivity index (χ4n) is 4.02. The van der Waals surface area contributed by atoms with E-state index >= 15 is 0 Å². The van der Waals surface area contributed by atoms with Crippen molar-refractivity contribution in [1.82, 2.24) is 10.1 Å². The maximum Gasteiger partial charge on any atom is 0.573 e. The van der Waals surface area contributed by atoms with Gasteiger partial charge in [0, 0.05) is 5.57 Å². The van der Waals surface area contributed by atoms with Gasteiger partial charge in [0.2, 0.25) is 5.82 Å². The van der Waals surface area contributed by atoms with E-state index in [0.29, 0.717) is 11.8 Å². The monoisotopic (exact) mass is 390 g/mol. The minimum Gasteiger partial charge on any atom is -0.405 e. The summed E-state index contributed by atoms with van der Waals surface area (Å²) in [6.45, 7) is 0. The molecule has 0 saturated heterocycles. The standard InChI is InChI=1S/C21H21F3N2O2/c22-21(23,24)27-18-9-5-4-8-17(18)19-25-20(28-26-19)16-12-10-15(11-13-16)14-6-2-1-3-7-14/h4-5,8-10,12-15H,1-3,6-7,11H2. The fraction of sp³-hybridized carbons (Fsp3) is 0.429. The first-order chi connectivity index (χ1) is 13.5. The Kier molecular flexibility index (Phi) is 5.24. The molecule has 1 heterocycles. The Morgan fingerprint density at radius 3 is 2.57 bits per heavy atom. The van der Waals surface area contributed by atoms with Crippen LogP contribution in [0.25, 0.3) is 17.0 Å². The SMILES string of the molecule is FC(F)(F)Oc1ccccc1-c1noc(C2=CCC(C3CCCCC3)C=C2)n1. The molecule has 1 atom stereocenters. The molecule has 28 heavy (non-hydrogen) atoms. The van der Waals surface area contributed by atoms with Gasteiger partial charge in [-0.05, 0) is 43.2 Å². The predicted octanol–water partition coefficient (Wildman–Crippen LogP) is 6.18. The molecule has 148 valence electrons. The maximum absolute atomic E-state index is 12.6. The molecule has 7 heteroatoms. The van der Waals surface area contributed by atoms with E-state index in [1.54, 1.807) is 6.07 Å². The highest BCUT2D eigenvalue weighted by Gasteiger charge is 2.33. The largest absolute Gasteiger partial charge is 0.573 e. The highest BCUT2D eigenvalue weighted by molar-refractivity contribution is 5.71. The van der Waals surface area contributed by atoms with Crippen LogP contribution in [0.2, 0.25) is 0 Å². The van der Waals surface area contributed by atoms with Crippen molar-refractivity contribution in [3.63, 3.8) is 0 Å². The van der Waals surface area contributed by atoms with Gasteiger partial charge in [-0.15, -0.1) is 13.2 Å². The lowest BCUT2D eigenvalue weighted by Crippen LogP contribution is -2.17. The van der Waals surface area contributed by atoms with Crippen molar-refractivity contribution < 1.29 is 22.4 Å². The third kappa shape index (κ3) is 4.29. The van der Waals surface area contributed by atoms with Crippen molar-refractivity contribution in [2.45, 2.75) is 44.9 Å². The van der Waals surface area contributed by atoms with Crippen molar-refractivity contribution in [1.29, 1.82) is 0 Å². The number of allylic oxidation sites excluding steroid dienone is 4. The summed E-state index contributed by atoms with van der Waals surface area (Å²) in [5.41, 5.74) is 0.940. The van der Waals surface area contributed by atoms with Crippen LogP contribution in [-0.4, -0.2) is 16.5 Å². The van der Waals surface area contributed by atoms with Crippen LogP contribution >= 0.6 is 0 Å². The second-order valence-electron chi connectivity index (χ2n) is 7.28. The normalized spacial score (nSPS) is 20.8. The second kappa shape index (κ2) is 7.81. The molecule has 1 fully saturated rings. The summed E-state index contributed by atoms with van der Waals surface area (Å²) >= 11 is 0. The molecule has 0 spiro atoms. The van der Waals surface area contributed by atoms with E-state index in [-0.39, 0.29) is 17.1 Å². The molecule has 0 N–H and O–H groups in total. The van der Waals surface area contributed by atoms with E-state index in [2.05, 4.69) is 27.0 Å². The van der Waals surface area contributed by atoms with Gasteiger partial charge in [-0.25, -0.2) is 0 Å². The summed E-state index contributed by atoms with van der Waals surface area (Å²) in [5.74, 6) is 1.28. The lowest BCUT2D eigenvalue weighted by molar-refractivity contribution is -0.274. The Labute approximate surface area is 161 Å². The van der Waals surface area contributed by atoms with Gasteiger partial charge in [0.05, 0.1) is 5.56 Å². The van der Waals surface area contributed by atoms with Gasteiger partial charge < -0.3 is 9.26 Å². The second-order valence-corrected chi connectivity index (χ2v) is 7.28. The summed E-state index contributed by atoms with van der Waals surface area (Å²) in [6, 6.07) is 5.76. The number of hydrogen-bond donors (Lipinski definition) is 0. The smallest absolute Gasteiger partial charge is 0.405 e. The average molecular weight is 390 g/mol. The number of aromatic nitrogens is 2. The molecular weight excluding hydrogens is 369 g/mol. The minimum absolute atomic E-state index is 0.0681. The third-order valence-electron chi connectivity index (χ3n) is 5.41. The van der Waals surface area contributed by atoms with Gasteiger partial charge in [0.1, 0.15) is 5.75 Å². The molecule has 4 nitrogen and oxygen atoms in total. The molecule has 0 radical (unpaired) electrons. The van der Waals surface area contributed by atoms with Crippen molar-refractivity contribution in [3.05, 3.63) is 48.4 Å². The van der Waals surface area contributed by atoms with E-state index < -0.39 is 6.36 Å². The highest BCUT2D eigenvalue weighted by Crippen LogP contribution is 2.37. The number of para-hydroxylation sites is 1. The molecule has 1 aromatic carbocycles. The lowest BCUT2D eigenvalue weighted by atomic mass is 9.77. The van der Waals surface area contributed by atoms with E-state index in [1.807, 2.05) is 6.08 Å². The minimum atomic E-state index is -4.79. The Bertz CT molecular complexity index is 880. The number of ether oxygens (including phenoxy) is 1. The zero-order valence-corrected chi connectivity index (χ0v) is 15.3. The van der Waals surface area contributed by atoms with E-state index in [4.69, 9.17) is 4.52 Å². The molecule has 0 aliphatic heterocycles. The number of halogens is 3. The van der Waals surface area contributed by atoms with Crippen molar-refractivity contribution in [2.75, 3.05) is 0 Å². The molecular formula is C21H21F3N2O2. The zero-order chi connectivity index (χ0) is 19.6. The number of alkyl halides is 3. The van der Waals surface area contributed by atoms with Gasteiger partial charge in [-0.1, -0.05) is 54.8 Å². The summed E-state index contributed by atoms with van der Waals surface area (Å²) < 4.78 is 47.2. The average Bonchev–Trinajstić information content (AvgIpc) is 3.18. The Hall–Kier alpha value is -2.57. The first-order valence-electron chi connectivity index (χ1n) is 9.57. The number of hydrogen-bond acceptors (Lipinski definition) is 4. The van der Waals surface area contributed by atoms with Crippen LogP contribution in [0.1, 0.15) is 44.4 Å². The van der Waals surface area contributed by atoms with Crippen LogP contribution in [0.5, 0.6) is 5.75 Å². The highest BCUT2D eigenvalue weighted by atomic mass is 19.4. The first kappa shape index (κ1) is 18.8. The third-order valence-corrected chi connectivity index (χ3v) is 5.41. The van der Waals surface area contributed by atoms with E-state index in [0.717, 1.165) is 17.9 Å². The number of benzene rings is 1. The van der Waals surface area contributed by atoms with Crippen LogP contribution in [0, 0.1) is 11.8 Å². The molecule has 0 bridgehead atoms. The van der Waals surface area contributed by atoms with Crippen molar-refractivity contribution in [2.24, 2.45) is 11.8 Å². The summed E-state index contributed by atoms with van der Waals surface area (Å²) in [4.78, 5) is 4.29. The van der Waals surface area contributed by atoms with E-state index in [1.165, 1.54) is 50.3 Å². The van der Waals surface area contributed by atoms with Gasteiger partial charge in [0.25, 0.3) is 5.89 Å². The van der Waals surface area contributed by atoms with Crippen LogP contribution in [0.15, 0.2) is 47.0 Å². The van der Waals surface area contributed by atoms with Gasteiger partial charge in [0.15, 0.2) is 0 Å². The molecule has 1 saturated carbocycles. The Morgan fingerprint density at radius 1 is 1.07 bits per heavy atom. The molecule has 2 aliphatic rings. The molecule has 0 amide bonds. The molecule has 2 aliphatic carbocycles. The summed E-state index contributed by atoms with van der Waals surface area (Å²) in [5, 5.41) is 3.85. The van der Waals surface area contributed by atoms with Gasteiger partial charge in [-0.3, -0.25) is 0 Å². The molecule has 1 aromatic heterocycles. The predicted molar refractivity (Wildman–Crippen MR) is 98.2 cm³/mol. The maximum atomic E-state index is 12.6. The molecule has 1 unspecified atom stereocenters. The molecule has 2 aromatic rings. The van der Waals surface area contributed by atoms with Crippen LogP contribution in [0.4, 0.5) is 13.2 Å². The van der Waals surface area contributed by atoms with Crippen molar-refractivity contribution in [3.8, 4) is 17.1 Å². The summed E-state index contributed by atoms with van der Waals surface area (Å²) in [6.07, 6.45) is 8.89. The van der Waals surface area contributed by atoms with Crippen LogP contribution < -0.4 is 4.74 Å². The first-order valence-corrected chi connectivity index (χ1v) is 9.57. The van der Waals surface area contributed by atoms with Crippen LogP contribution in [0.3, 0.4) is 0 Å².